The number of hydrogen-bond acceptors (Lipinski definition) is 1. The zero-order valence-corrected chi connectivity index (χ0v) is 13.4. The normalized spacial score (nSPS) is 10.8. The average Bonchev–Trinajstić information content (AvgIpc) is 2.24. The average molecular weight is 270 g/mol. The van der Waals surface area contributed by atoms with Crippen LogP contribution in [0.15, 0.2) is 24.3 Å². The monoisotopic (exact) mass is 270 g/mol. The molecule has 6 heteroatoms. The summed E-state index contributed by atoms with van der Waals surface area (Å²) < 4.78 is 40.4. The maximum absolute atomic E-state index is 11.9. The van der Waals surface area contributed by atoms with Crippen molar-refractivity contribution in [3.05, 3.63) is 29.8 Å². The topological polar surface area (TPSA) is 9.23 Å². The molecule has 1 aromatic rings. The number of unbranched alkanes of at least 4 members (excludes halogenated alkanes) is 1. The first-order valence-electron chi connectivity index (χ1n) is 5.44. The summed E-state index contributed by atoms with van der Waals surface area (Å²) in [7, 11) is 0. The fourth-order valence-electron chi connectivity index (χ4n) is 1.32. The van der Waals surface area contributed by atoms with E-state index in [4.69, 9.17) is 0 Å². The van der Waals surface area contributed by atoms with Crippen LogP contribution in [0.1, 0.15) is 25.3 Å². The molecule has 0 spiro atoms. The van der Waals surface area contributed by atoms with Crippen LogP contribution in [0.2, 0.25) is 0 Å². The molecule has 1 rings (SSSR count). The van der Waals surface area contributed by atoms with E-state index in [-0.39, 0.29) is 57.1 Å². The molecular formula is C11H15BF3KO. The van der Waals surface area contributed by atoms with E-state index in [1.54, 1.807) is 12.1 Å². The molecule has 17 heavy (non-hydrogen) atoms. The Bertz CT molecular complexity index is 313. The van der Waals surface area contributed by atoms with Crippen molar-refractivity contribution in [3.8, 4) is 5.75 Å². The molecule has 0 heterocycles. The molecule has 0 aliphatic heterocycles. The van der Waals surface area contributed by atoms with Crippen molar-refractivity contribution in [1.29, 1.82) is 0 Å². The molecule has 0 N–H and O–H groups in total. The summed E-state index contributed by atoms with van der Waals surface area (Å²) in [5, 5.41) is 0. The van der Waals surface area contributed by atoms with E-state index in [0.717, 1.165) is 24.8 Å². The van der Waals surface area contributed by atoms with Gasteiger partial charge in [-0.3, -0.25) is 0 Å². The van der Waals surface area contributed by atoms with E-state index >= 15 is 0 Å². The predicted molar refractivity (Wildman–Crippen MR) is 59.6 cm³/mol. The first-order valence-corrected chi connectivity index (χ1v) is 5.44. The minimum absolute atomic E-state index is 0. The number of aryl methyl sites for hydroxylation is 1. The quantitative estimate of drug-likeness (QED) is 0.695. The van der Waals surface area contributed by atoms with Crippen molar-refractivity contribution in [2.45, 2.75) is 26.2 Å². The van der Waals surface area contributed by atoms with E-state index in [1.807, 2.05) is 12.1 Å². The summed E-state index contributed by atoms with van der Waals surface area (Å²) in [6, 6.07) is 6.81. The van der Waals surface area contributed by atoms with E-state index in [9.17, 15) is 12.9 Å². The molecule has 0 bridgehead atoms. The molecule has 0 fully saturated rings. The third-order valence-electron chi connectivity index (χ3n) is 2.18. The van der Waals surface area contributed by atoms with E-state index in [0.29, 0.717) is 0 Å². The summed E-state index contributed by atoms with van der Waals surface area (Å²) in [5.41, 5.74) is 1.13. The third-order valence-corrected chi connectivity index (χ3v) is 2.18. The Morgan fingerprint density at radius 2 is 1.71 bits per heavy atom. The fourth-order valence-corrected chi connectivity index (χ4v) is 1.32. The fraction of sp³-hybridized carbons (Fsp3) is 0.455. The van der Waals surface area contributed by atoms with Crippen molar-refractivity contribution in [2.24, 2.45) is 0 Å². The Balaban J connectivity index is 0.00000256. The molecule has 90 valence electrons. The number of hydrogen-bond donors (Lipinski definition) is 0. The smallest absolute Gasteiger partial charge is 0.522 e. The molecule has 0 saturated heterocycles. The second-order valence-electron chi connectivity index (χ2n) is 3.77. The zero-order chi connectivity index (χ0) is 12.0. The van der Waals surface area contributed by atoms with E-state index in [2.05, 4.69) is 11.7 Å². The second-order valence-corrected chi connectivity index (χ2v) is 3.77. The SMILES string of the molecule is CCCCc1ccc(OC[B-](F)(F)F)cc1.[K+]. The minimum atomic E-state index is -4.87. The maximum atomic E-state index is 11.9. The molecule has 0 aliphatic carbocycles. The van der Waals surface area contributed by atoms with Gasteiger partial charge in [-0.05, 0) is 30.5 Å². The standard InChI is InChI=1S/C11H15BF3O.K/c1-2-3-4-10-5-7-11(8-6-10)16-9-12(13,14)15;/h5-8H,2-4,9H2,1H3;/q-1;+1. The van der Waals surface area contributed by atoms with Gasteiger partial charge in [-0.2, -0.15) is 0 Å². The summed E-state index contributed by atoms with van der Waals surface area (Å²) in [4.78, 5) is 0. The molecule has 0 aliphatic rings. The molecule has 1 aromatic carbocycles. The zero-order valence-electron chi connectivity index (χ0n) is 10.3. The van der Waals surface area contributed by atoms with Crippen LogP contribution >= 0.6 is 0 Å². The summed E-state index contributed by atoms with van der Waals surface area (Å²) in [5.74, 6) is 0.277. The molecule has 0 aromatic heterocycles. The predicted octanol–water partition coefficient (Wildman–Crippen LogP) is 0.799. The molecule has 0 radical (unpaired) electrons. The van der Waals surface area contributed by atoms with Crippen LogP contribution in [0.3, 0.4) is 0 Å². The van der Waals surface area contributed by atoms with Gasteiger partial charge in [0, 0.05) is 0 Å². The van der Waals surface area contributed by atoms with Crippen molar-refractivity contribution < 1.29 is 69.1 Å². The Labute approximate surface area is 143 Å². The largest absolute Gasteiger partial charge is 1.00 e. The number of halogens is 3. The number of rotatable bonds is 6. The summed E-state index contributed by atoms with van der Waals surface area (Å²) in [6.45, 7) is -3.94. The van der Waals surface area contributed by atoms with E-state index in [1.165, 1.54) is 0 Å². The third kappa shape index (κ3) is 8.26. The van der Waals surface area contributed by atoms with Gasteiger partial charge >= 0.3 is 58.4 Å². The van der Waals surface area contributed by atoms with E-state index < -0.39 is 13.5 Å². The van der Waals surface area contributed by atoms with Gasteiger partial charge in [-0.1, -0.05) is 25.5 Å². The van der Waals surface area contributed by atoms with Crippen LogP contribution in [0, 0.1) is 0 Å². The van der Waals surface area contributed by atoms with Crippen LogP contribution in [0.4, 0.5) is 12.9 Å². The minimum Gasteiger partial charge on any atom is -0.522 e. The Morgan fingerprint density at radius 3 is 2.18 bits per heavy atom. The summed E-state index contributed by atoms with van der Waals surface area (Å²) >= 11 is 0. The van der Waals surface area contributed by atoms with Gasteiger partial charge in [0.2, 0.25) is 0 Å². The Hall–Kier alpha value is 0.511. The van der Waals surface area contributed by atoms with Crippen molar-refractivity contribution in [3.63, 3.8) is 0 Å². The van der Waals surface area contributed by atoms with Crippen molar-refractivity contribution in [1.82, 2.24) is 0 Å². The van der Waals surface area contributed by atoms with Crippen LogP contribution in [-0.4, -0.2) is 13.5 Å². The molecule has 0 atom stereocenters. The van der Waals surface area contributed by atoms with Gasteiger partial charge in [0.05, 0.1) is 6.51 Å². The van der Waals surface area contributed by atoms with Crippen molar-refractivity contribution in [2.75, 3.05) is 6.51 Å². The summed E-state index contributed by atoms with van der Waals surface area (Å²) in [6.07, 6.45) is 3.15. The first kappa shape index (κ1) is 17.5. The van der Waals surface area contributed by atoms with Gasteiger partial charge in [-0.25, -0.2) is 0 Å². The molecular weight excluding hydrogens is 255 g/mol. The molecule has 1 nitrogen and oxygen atoms in total. The van der Waals surface area contributed by atoms with Gasteiger partial charge in [0.1, 0.15) is 5.75 Å². The van der Waals surface area contributed by atoms with Crippen LogP contribution in [0.5, 0.6) is 5.75 Å². The Kier molecular flexibility index (Phi) is 8.84. The van der Waals surface area contributed by atoms with Crippen LogP contribution < -0.4 is 56.1 Å². The molecule has 0 unspecified atom stereocenters. The van der Waals surface area contributed by atoms with Crippen molar-refractivity contribution >= 4 is 6.98 Å². The first-order chi connectivity index (χ1) is 7.51. The number of ether oxygens (including phenoxy) is 1. The van der Waals surface area contributed by atoms with Crippen LogP contribution in [-0.2, 0) is 6.42 Å². The van der Waals surface area contributed by atoms with Gasteiger partial charge < -0.3 is 17.7 Å². The second kappa shape index (κ2) is 8.59. The Morgan fingerprint density at radius 1 is 1.12 bits per heavy atom. The van der Waals surface area contributed by atoms with Gasteiger partial charge in [0.25, 0.3) is 0 Å². The van der Waals surface area contributed by atoms with Crippen LogP contribution in [0.25, 0.3) is 0 Å². The van der Waals surface area contributed by atoms with Gasteiger partial charge in [-0.15, -0.1) is 0 Å². The maximum Gasteiger partial charge on any atom is 1.00 e. The molecule has 0 saturated carbocycles. The van der Waals surface area contributed by atoms with Gasteiger partial charge in [0.15, 0.2) is 0 Å². The number of benzene rings is 1. The molecule has 0 amide bonds.